The van der Waals surface area contributed by atoms with Crippen LogP contribution in [-0.2, 0) is 66.5 Å². The predicted octanol–water partition coefficient (Wildman–Crippen LogP) is 3.31. The van der Waals surface area contributed by atoms with E-state index in [2.05, 4.69) is 14.9 Å². The van der Waals surface area contributed by atoms with Crippen LogP contribution in [0.3, 0.4) is 0 Å². The van der Waals surface area contributed by atoms with E-state index in [4.69, 9.17) is 63.3 Å². The Morgan fingerprint density at radius 2 is 0.967 bits per heavy atom. The van der Waals surface area contributed by atoms with Gasteiger partial charge in [0.15, 0.2) is 0 Å². The van der Waals surface area contributed by atoms with Gasteiger partial charge in [-0.25, -0.2) is 9.59 Å². The zero-order chi connectivity index (χ0) is 44.6. The minimum absolute atomic E-state index is 0.0344. The highest BCUT2D eigenvalue weighted by Gasteiger charge is 2.33. The van der Waals surface area contributed by atoms with Crippen molar-refractivity contribution < 1.29 is 86.3 Å². The van der Waals surface area contributed by atoms with Crippen molar-refractivity contribution in [2.24, 2.45) is 0 Å². The molecule has 2 heterocycles. The summed E-state index contributed by atoms with van der Waals surface area (Å²) in [5.74, 6) is -0.738. The molecule has 0 spiro atoms. The maximum atomic E-state index is 11.5. The van der Waals surface area contributed by atoms with Gasteiger partial charge in [0, 0.05) is 51.6 Å². The molecular formula is C40H63N3O18. The summed E-state index contributed by atoms with van der Waals surface area (Å²) >= 11 is 0. The molecule has 5 N–H and O–H groups in total. The largest absolute Gasteiger partial charge is 0.534 e. The second-order valence-corrected chi connectivity index (χ2v) is 12.2. The number of phenolic OH excluding ortho intramolecular Hbond substituents is 2. The molecular weight excluding hydrogens is 810 g/mol. The number of imide groups is 1. The maximum Gasteiger partial charge on any atom is 0.534 e. The van der Waals surface area contributed by atoms with Gasteiger partial charge in [0.2, 0.25) is 0 Å². The lowest BCUT2D eigenvalue weighted by Gasteiger charge is -2.12. The predicted molar refractivity (Wildman–Crippen MR) is 218 cm³/mol. The number of hydrogen-bond acceptors (Lipinski definition) is 19. The molecule has 2 fully saturated rings. The van der Waals surface area contributed by atoms with E-state index < -0.39 is 24.1 Å². The topological polar surface area (TPSA) is 261 Å². The number of nitrogens with zero attached hydrogens (tertiary/aromatic N) is 1. The number of nitrogen functional groups attached to an aromatic ring is 1. The highest BCUT2D eigenvalue weighted by molar-refractivity contribution is 6.01. The summed E-state index contributed by atoms with van der Waals surface area (Å²) in [5, 5.41) is 20.8. The fraction of sp³-hybridized carbons (Fsp3) is 0.600. The summed E-state index contributed by atoms with van der Waals surface area (Å²) in [7, 11) is 3.23. The number of benzene rings is 2. The number of anilines is 2. The van der Waals surface area contributed by atoms with Crippen LogP contribution in [0.25, 0.3) is 0 Å². The number of carbonyl (C=O) groups excluding carboxylic acids is 4. The molecule has 2 aromatic rings. The van der Waals surface area contributed by atoms with Crippen molar-refractivity contribution in [1.82, 2.24) is 5.06 Å². The molecule has 21 heteroatoms. The number of hydrogen-bond donors (Lipinski definition) is 4. The summed E-state index contributed by atoms with van der Waals surface area (Å²) < 4.78 is 55.7. The second kappa shape index (κ2) is 38.1. The van der Waals surface area contributed by atoms with Crippen LogP contribution in [-0.4, -0.2) is 172 Å². The third kappa shape index (κ3) is 32.6. The third-order valence-corrected chi connectivity index (χ3v) is 7.27. The van der Waals surface area contributed by atoms with Crippen LogP contribution in [0.1, 0.15) is 25.7 Å². The summed E-state index contributed by atoms with van der Waals surface area (Å²) in [6, 6.07) is 12.5. The first-order chi connectivity index (χ1) is 29.7. The Morgan fingerprint density at radius 1 is 0.590 bits per heavy atom. The summed E-state index contributed by atoms with van der Waals surface area (Å²) in [6.07, 6.45) is 0.930. The average Bonchev–Trinajstić information content (AvgIpc) is 3.95. The summed E-state index contributed by atoms with van der Waals surface area (Å²) in [4.78, 5) is 49.7. The van der Waals surface area contributed by atoms with Gasteiger partial charge in [-0.15, -0.1) is 0 Å². The number of methoxy groups -OCH3 is 2. The van der Waals surface area contributed by atoms with Crippen molar-refractivity contribution >= 4 is 35.4 Å². The minimum Gasteiger partial charge on any atom is -0.508 e. The van der Waals surface area contributed by atoms with Crippen LogP contribution in [0, 0.1) is 0 Å². The van der Waals surface area contributed by atoms with E-state index in [-0.39, 0.29) is 50.8 Å². The Balaban J connectivity index is 0.000000469. The second-order valence-electron chi connectivity index (χ2n) is 12.2. The smallest absolute Gasteiger partial charge is 0.508 e. The van der Waals surface area contributed by atoms with Crippen molar-refractivity contribution in [3.8, 4) is 11.5 Å². The van der Waals surface area contributed by atoms with Gasteiger partial charge >= 0.3 is 12.2 Å². The molecule has 2 aliphatic rings. The fourth-order valence-corrected chi connectivity index (χ4v) is 4.19. The lowest BCUT2D eigenvalue weighted by molar-refractivity contribution is -0.177. The molecule has 61 heavy (non-hydrogen) atoms. The van der Waals surface area contributed by atoms with Crippen LogP contribution in [0.15, 0.2) is 48.5 Å². The zero-order valence-corrected chi connectivity index (χ0v) is 35.1. The Morgan fingerprint density at radius 3 is 1.34 bits per heavy atom. The van der Waals surface area contributed by atoms with E-state index in [1.54, 1.807) is 50.6 Å². The number of rotatable bonds is 26. The summed E-state index contributed by atoms with van der Waals surface area (Å²) in [6.45, 7) is 8.25. The molecule has 21 nitrogen and oxygen atoms in total. The molecule has 0 unspecified atom stereocenters. The van der Waals surface area contributed by atoms with Crippen molar-refractivity contribution in [3.05, 3.63) is 48.5 Å². The number of phenols is 2. The molecule has 2 aliphatic heterocycles. The molecule has 0 saturated carbocycles. The molecule has 0 aromatic heterocycles. The first-order valence-electron chi connectivity index (χ1n) is 19.7. The van der Waals surface area contributed by atoms with E-state index >= 15 is 0 Å². The van der Waals surface area contributed by atoms with Gasteiger partial charge in [0.25, 0.3) is 11.8 Å². The molecule has 2 aromatic carbocycles. The van der Waals surface area contributed by atoms with Crippen LogP contribution >= 0.6 is 0 Å². The Labute approximate surface area is 356 Å². The number of hydroxylamine groups is 2. The number of aromatic hydroxyl groups is 2. The van der Waals surface area contributed by atoms with Gasteiger partial charge in [0.05, 0.1) is 92.5 Å². The first-order valence-corrected chi connectivity index (χ1v) is 19.7. The summed E-state index contributed by atoms with van der Waals surface area (Å²) in [5.41, 5.74) is 6.53. The number of amides is 3. The number of carbonyl (C=O) groups is 4. The van der Waals surface area contributed by atoms with Crippen molar-refractivity contribution in [1.29, 1.82) is 0 Å². The average molecular weight is 874 g/mol. The molecule has 0 aliphatic carbocycles. The number of nitrogens with two attached hydrogens (primary N) is 1. The molecule has 4 rings (SSSR count). The quantitative estimate of drug-likeness (QED) is 0.0347. The Hall–Kier alpha value is -4.84. The van der Waals surface area contributed by atoms with Gasteiger partial charge in [-0.1, -0.05) is 5.06 Å². The maximum absolute atomic E-state index is 11.5. The molecule has 2 saturated heterocycles. The number of nitrogens with one attached hydrogen (secondary N) is 1. The lowest BCUT2D eigenvalue weighted by Crippen LogP contribution is -2.32. The highest BCUT2D eigenvalue weighted by atomic mass is 16.8. The van der Waals surface area contributed by atoms with Gasteiger partial charge in [0.1, 0.15) is 24.7 Å². The van der Waals surface area contributed by atoms with E-state index in [0.29, 0.717) is 95.7 Å². The van der Waals surface area contributed by atoms with Crippen molar-refractivity contribution in [2.75, 3.05) is 144 Å². The third-order valence-electron chi connectivity index (χ3n) is 7.27. The van der Waals surface area contributed by atoms with Gasteiger partial charge in [-0.05, 0) is 61.4 Å². The van der Waals surface area contributed by atoms with Crippen molar-refractivity contribution in [2.45, 2.75) is 25.7 Å². The standard InChI is InChI=1S/C16H25NO7.C14H23NO9.C6H7NO.C4H8O/c1-20-6-7-21-8-9-22-10-11-23-12-13-24-16(19)17-14-2-4-15(18)5-3-14;1-19-4-5-20-6-7-21-8-9-22-10-11-23-14(18)24-15-12(16)2-3-13(15)17;7-5-1-3-6(8)4-2-5;1-2-4-5-3-1/h2-5,18H,6-13H2,1H3,(H,17,19);2-11H2,1H3;1-4,8H,7H2;1-4H2. The fourth-order valence-electron chi connectivity index (χ4n) is 4.19. The monoisotopic (exact) mass is 873 g/mol. The molecule has 0 radical (unpaired) electrons. The van der Waals surface area contributed by atoms with Crippen LogP contribution < -0.4 is 11.1 Å². The van der Waals surface area contributed by atoms with Gasteiger partial charge in [-0.2, -0.15) is 0 Å². The van der Waals surface area contributed by atoms with Gasteiger partial charge < -0.3 is 68.1 Å². The SMILES string of the molecule is C1CCOC1.COCCOCCOCCOCCOC(=O)Nc1ccc(O)cc1.COCCOCCOCCOCCOC(=O)ON1C(=O)CCC1=O.Nc1ccc(O)cc1. The Bertz CT molecular complexity index is 1360. The number of ether oxygens (including phenoxy) is 11. The van der Waals surface area contributed by atoms with E-state index in [9.17, 15) is 19.2 Å². The molecule has 0 bridgehead atoms. The Kier molecular flexibility index (Phi) is 33.8. The van der Waals surface area contributed by atoms with E-state index in [1.807, 2.05) is 0 Å². The normalized spacial score (nSPS) is 12.9. The van der Waals surface area contributed by atoms with Crippen LogP contribution in [0.4, 0.5) is 21.0 Å². The first kappa shape index (κ1) is 54.2. The van der Waals surface area contributed by atoms with Crippen LogP contribution in [0.5, 0.6) is 11.5 Å². The molecule has 346 valence electrons. The molecule has 0 atom stereocenters. The lowest BCUT2D eigenvalue weighted by atomic mass is 10.3. The van der Waals surface area contributed by atoms with E-state index in [0.717, 1.165) is 13.2 Å². The zero-order valence-electron chi connectivity index (χ0n) is 35.1. The minimum atomic E-state index is -1.12. The highest BCUT2D eigenvalue weighted by Crippen LogP contribution is 2.14. The molecule has 3 amide bonds. The van der Waals surface area contributed by atoms with Crippen LogP contribution in [0.2, 0.25) is 0 Å². The van der Waals surface area contributed by atoms with Gasteiger partial charge in [-0.3, -0.25) is 19.7 Å². The van der Waals surface area contributed by atoms with E-state index in [1.165, 1.54) is 25.0 Å². The van der Waals surface area contributed by atoms with Crippen molar-refractivity contribution in [3.63, 3.8) is 0 Å².